The Morgan fingerprint density at radius 2 is 2.24 bits per heavy atom. The van der Waals surface area contributed by atoms with Gasteiger partial charge in [0.1, 0.15) is 5.54 Å². The Hall–Kier alpha value is -1.14. The molecule has 1 heterocycles. The van der Waals surface area contributed by atoms with Gasteiger partial charge in [0, 0.05) is 4.47 Å². The highest BCUT2D eigenvalue weighted by molar-refractivity contribution is 9.10. The summed E-state index contributed by atoms with van der Waals surface area (Å²) in [6.07, 6.45) is 0. The topological polar surface area (TPSA) is 68.0 Å². The number of rotatable bonds is 3. The van der Waals surface area contributed by atoms with Gasteiger partial charge in [0.25, 0.3) is 0 Å². The van der Waals surface area contributed by atoms with Crippen molar-refractivity contribution < 1.29 is 4.79 Å². The first-order valence-electron chi connectivity index (χ1n) is 5.03. The van der Waals surface area contributed by atoms with Crippen LogP contribution in [0.2, 0.25) is 0 Å². The van der Waals surface area contributed by atoms with E-state index in [4.69, 9.17) is 5.73 Å². The zero-order valence-corrected chi connectivity index (χ0v) is 11.9. The molecular formula is C11H12BrN3OS. The third kappa shape index (κ3) is 2.58. The number of amides is 1. The van der Waals surface area contributed by atoms with E-state index in [1.54, 1.807) is 13.8 Å². The number of benzene rings is 1. The fourth-order valence-electron chi connectivity index (χ4n) is 1.28. The Morgan fingerprint density at radius 1 is 1.53 bits per heavy atom. The van der Waals surface area contributed by atoms with Crippen LogP contribution in [0.4, 0.5) is 5.13 Å². The Morgan fingerprint density at radius 3 is 2.88 bits per heavy atom. The number of carbonyl (C=O) groups is 1. The molecule has 0 bridgehead atoms. The normalized spacial score (nSPS) is 11.7. The first-order chi connectivity index (χ1) is 7.88. The minimum absolute atomic E-state index is 0.405. The molecule has 0 fully saturated rings. The van der Waals surface area contributed by atoms with Crippen molar-refractivity contribution in [1.29, 1.82) is 0 Å². The van der Waals surface area contributed by atoms with E-state index >= 15 is 0 Å². The Kier molecular flexibility index (Phi) is 3.09. The largest absolute Gasteiger partial charge is 0.368 e. The molecule has 0 spiro atoms. The minimum atomic E-state index is -0.800. The van der Waals surface area contributed by atoms with Crippen molar-refractivity contribution in [3.05, 3.63) is 22.7 Å². The molecule has 0 aliphatic rings. The van der Waals surface area contributed by atoms with Gasteiger partial charge in [0.05, 0.1) is 10.2 Å². The van der Waals surface area contributed by atoms with Crippen LogP contribution >= 0.6 is 27.3 Å². The molecule has 1 aromatic carbocycles. The number of carbonyl (C=O) groups excluding carboxylic acids is 1. The van der Waals surface area contributed by atoms with E-state index in [2.05, 4.69) is 26.2 Å². The molecule has 90 valence electrons. The standard InChI is InChI=1S/C11H12BrN3OS/c1-11(2,9(13)16)15-10-14-7-5-6(12)3-4-8(7)17-10/h3-5H,1-2H3,(H2,13,16)(H,14,15). The highest BCUT2D eigenvalue weighted by atomic mass is 79.9. The summed E-state index contributed by atoms with van der Waals surface area (Å²) in [5.41, 5.74) is 5.40. The summed E-state index contributed by atoms with van der Waals surface area (Å²) in [7, 11) is 0. The van der Waals surface area contributed by atoms with E-state index in [1.807, 2.05) is 18.2 Å². The lowest BCUT2D eigenvalue weighted by molar-refractivity contribution is -0.121. The van der Waals surface area contributed by atoms with Gasteiger partial charge in [-0.1, -0.05) is 27.3 Å². The summed E-state index contributed by atoms with van der Waals surface area (Å²) in [5.74, 6) is -0.405. The van der Waals surface area contributed by atoms with Crippen LogP contribution < -0.4 is 11.1 Å². The van der Waals surface area contributed by atoms with Gasteiger partial charge in [-0.2, -0.15) is 0 Å². The predicted octanol–water partition coefficient (Wildman–Crippen LogP) is 2.73. The predicted molar refractivity (Wildman–Crippen MR) is 74.2 cm³/mol. The zero-order chi connectivity index (χ0) is 12.6. The molecular weight excluding hydrogens is 302 g/mol. The Labute approximate surface area is 111 Å². The van der Waals surface area contributed by atoms with Crippen LogP contribution in [-0.2, 0) is 4.79 Å². The molecule has 0 saturated carbocycles. The van der Waals surface area contributed by atoms with Crippen molar-refractivity contribution in [2.24, 2.45) is 5.73 Å². The molecule has 1 amide bonds. The van der Waals surface area contributed by atoms with Gasteiger partial charge in [-0.15, -0.1) is 0 Å². The van der Waals surface area contributed by atoms with E-state index in [1.165, 1.54) is 11.3 Å². The van der Waals surface area contributed by atoms with Gasteiger partial charge in [-0.05, 0) is 32.0 Å². The number of hydrogen-bond donors (Lipinski definition) is 2. The van der Waals surface area contributed by atoms with E-state index < -0.39 is 11.4 Å². The van der Waals surface area contributed by atoms with E-state index in [9.17, 15) is 4.79 Å². The summed E-state index contributed by atoms with van der Waals surface area (Å²) < 4.78 is 2.05. The average molecular weight is 314 g/mol. The number of fused-ring (bicyclic) bond motifs is 1. The molecule has 17 heavy (non-hydrogen) atoms. The molecule has 0 aliphatic carbocycles. The summed E-state index contributed by atoms with van der Waals surface area (Å²) in [6.45, 7) is 3.47. The number of primary amides is 1. The smallest absolute Gasteiger partial charge is 0.242 e. The molecule has 2 aromatic rings. The number of hydrogen-bond acceptors (Lipinski definition) is 4. The summed E-state index contributed by atoms with van der Waals surface area (Å²) >= 11 is 4.90. The Balaban J connectivity index is 2.34. The van der Waals surface area contributed by atoms with Gasteiger partial charge >= 0.3 is 0 Å². The summed E-state index contributed by atoms with van der Waals surface area (Å²) in [6, 6.07) is 5.89. The molecule has 6 heteroatoms. The van der Waals surface area contributed by atoms with Crippen LogP contribution in [-0.4, -0.2) is 16.4 Å². The van der Waals surface area contributed by atoms with Gasteiger partial charge in [0.2, 0.25) is 5.91 Å². The maximum atomic E-state index is 11.2. The van der Waals surface area contributed by atoms with E-state index in [0.29, 0.717) is 5.13 Å². The quantitative estimate of drug-likeness (QED) is 0.915. The third-order valence-corrected chi connectivity index (χ3v) is 3.83. The molecule has 3 N–H and O–H groups in total. The minimum Gasteiger partial charge on any atom is -0.368 e. The fraction of sp³-hybridized carbons (Fsp3) is 0.273. The molecule has 2 rings (SSSR count). The Bertz CT molecular complexity index is 579. The van der Waals surface area contributed by atoms with Gasteiger partial charge in [0.15, 0.2) is 5.13 Å². The van der Waals surface area contributed by atoms with Crippen LogP contribution in [0.1, 0.15) is 13.8 Å². The van der Waals surface area contributed by atoms with Gasteiger partial charge < -0.3 is 11.1 Å². The number of thiazole rings is 1. The van der Waals surface area contributed by atoms with E-state index in [-0.39, 0.29) is 0 Å². The second-order valence-corrected chi connectivity index (χ2v) is 6.19. The fourth-order valence-corrected chi connectivity index (χ4v) is 2.64. The second-order valence-electron chi connectivity index (χ2n) is 4.25. The van der Waals surface area contributed by atoms with Crippen LogP contribution in [0.3, 0.4) is 0 Å². The maximum absolute atomic E-state index is 11.2. The molecule has 0 saturated heterocycles. The van der Waals surface area contributed by atoms with Crippen LogP contribution in [0.25, 0.3) is 10.2 Å². The number of halogens is 1. The van der Waals surface area contributed by atoms with Crippen molar-refractivity contribution in [1.82, 2.24) is 4.98 Å². The second kappa shape index (κ2) is 4.27. The van der Waals surface area contributed by atoms with Crippen LogP contribution in [0.5, 0.6) is 0 Å². The number of anilines is 1. The number of aromatic nitrogens is 1. The average Bonchev–Trinajstić information content (AvgIpc) is 2.57. The molecule has 0 unspecified atom stereocenters. The van der Waals surface area contributed by atoms with Crippen molar-refractivity contribution in [3.8, 4) is 0 Å². The van der Waals surface area contributed by atoms with Crippen molar-refractivity contribution >= 4 is 48.5 Å². The van der Waals surface area contributed by atoms with Gasteiger partial charge in [-0.25, -0.2) is 4.98 Å². The number of nitrogens with two attached hydrogens (primary N) is 1. The highest BCUT2D eigenvalue weighted by Crippen LogP contribution is 2.29. The molecule has 1 aromatic heterocycles. The van der Waals surface area contributed by atoms with Gasteiger partial charge in [-0.3, -0.25) is 4.79 Å². The molecule has 0 atom stereocenters. The SMILES string of the molecule is CC(C)(Nc1nc2cc(Br)ccc2s1)C(N)=O. The highest BCUT2D eigenvalue weighted by Gasteiger charge is 2.25. The summed E-state index contributed by atoms with van der Waals surface area (Å²) in [5, 5.41) is 3.74. The molecule has 0 aliphatic heterocycles. The lowest BCUT2D eigenvalue weighted by atomic mass is 10.1. The van der Waals surface area contributed by atoms with Crippen LogP contribution in [0.15, 0.2) is 22.7 Å². The van der Waals surface area contributed by atoms with Crippen molar-refractivity contribution in [2.75, 3.05) is 5.32 Å². The van der Waals surface area contributed by atoms with Crippen LogP contribution in [0, 0.1) is 0 Å². The number of nitrogens with zero attached hydrogens (tertiary/aromatic N) is 1. The lowest BCUT2D eigenvalue weighted by Crippen LogP contribution is -2.44. The number of nitrogens with one attached hydrogen (secondary N) is 1. The first-order valence-corrected chi connectivity index (χ1v) is 6.63. The van der Waals surface area contributed by atoms with E-state index in [0.717, 1.165) is 14.7 Å². The molecule has 4 nitrogen and oxygen atoms in total. The molecule has 0 radical (unpaired) electrons. The van der Waals surface area contributed by atoms with Crippen molar-refractivity contribution in [3.63, 3.8) is 0 Å². The maximum Gasteiger partial charge on any atom is 0.242 e. The lowest BCUT2D eigenvalue weighted by Gasteiger charge is -2.21. The first kappa shape index (κ1) is 12.3. The third-order valence-electron chi connectivity index (χ3n) is 2.39. The monoisotopic (exact) mass is 313 g/mol. The zero-order valence-electron chi connectivity index (χ0n) is 9.45. The summed E-state index contributed by atoms with van der Waals surface area (Å²) in [4.78, 5) is 15.6. The van der Waals surface area contributed by atoms with Crippen molar-refractivity contribution in [2.45, 2.75) is 19.4 Å².